The molecule has 5 heteroatoms. The van der Waals surface area contributed by atoms with Crippen LogP contribution in [0, 0.1) is 12.8 Å². The zero-order valence-corrected chi connectivity index (χ0v) is 14.5. The highest BCUT2D eigenvalue weighted by atomic mass is 35.5. The number of hydrogen-bond acceptors (Lipinski definition) is 3. The van der Waals surface area contributed by atoms with E-state index < -0.39 is 0 Å². The van der Waals surface area contributed by atoms with Crippen LogP contribution in [0.4, 0.5) is 5.69 Å². The van der Waals surface area contributed by atoms with Crippen LogP contribution in [0.1, 0.15) is 42.6 Å². The number of carbonyl (C=O) groups excluding carboxylic acids is 1. The lowest BCUT2D eigenvalue weighted by molar-refractivity contribution is 0.0484. The van der Waals surface area contributed by atoms with Crippen LogP contribution in [0.25, 0.3) is 0 Å². The molecule has 2 rings (SSSR count). The second-order valence-electron chi connectivity index (χ2n) is 6.29. The number of aryl methyl sites for hydroxylation is 1. The van der Waals surface area contributed by atoms with Crippen molar-refractivity contribution in [2.45, 2.75) is 39.7 Å². The highest BCUT2D eigenvalue weighted by molar-refractivity contribution is 5.96. The summed E-state index contributed by atoms with van der Waals surface area (Å²) < 4.78 is 5.87. The Balaban J connectivity index is 0.00000242. The summed E-state index contributed by atoms with van der Waals surface area (Å²) in [5.74, 6) is 0.717. The number of ether oxygens (including phenoxy) is 1. The Morgan fingerprint density at radius 3 is 2.86 bits per heavy atom. The smallest absolute Gasteiger partial charge is 0.254 e. The van der Waals surface area contributed by atoms with Crippen LogP contribution in [0.15, 0.2) is 18.2 Å². The highest BCUT2D eigenvalue weighted by Crippen LogP contribution is 2.20. The summed E-state index contributed by atoms with van der Waals surface area (Å²) in [7, 11) is 0. The third-order valence-corrected chi connectivity index (χ3v) is 3.97. The van der Waals surface area contributed by atoms with Gasteiger partial charge in [-0.15, -0.1) is 12.4 Å². The van der Waals surface area contributed by atoms with Crippen molar-refractivity contribution in [2.75, 3.05) is 25.4 Å². The zero-order valence-electron chi connectivity index (χ0n) is 13.7. The van der Waals surface area contributed by atoms with Gasteiger partial charge in [0.25, 0.3) is 5.91 Å². The number of benzene rings is 1. The molecule has 1 fully saturated rings. The van der Waals surface area contributed by atoms with Gasteiger partial charge in [-0.25, -0.2) is 0 Å². The summed E-state index contributed by atoms with van der Waals surface area (Å²) in [5.41, 5.74) is 8.10. The molecule has 0 bridgehead atoms. The van der Waals surface area contributed by atoms with Crippen LogP contribution >= 0.6 is 12.4 Å². The van der Waals surface area contributed by atoms with E-state index in [-0.39, 0.29) is 24.4 Å². The molecule has 2 N–H and O–H groups in total. The molecule has 0 aromatic heterocycles. The first-order valence-corrected chi connectivity index (χ1v) is 7.74. The fraction of sp³-hybridized carbons (Fsp3) is 0.588. The van der Waals surface area contributed by atoms with Gasteiger partial charge in [0.2, 0.25) is 0 Å². The Morgan fingerprint density at radius 2 is 2.18 bits per heavy atom. The minimum atomic E-state index is 0. The summed E-state index contributed by atoms with van der Waals surface area (Å²) in [6.45, 7) is 8.55. The molecule has 1 unspecified atom stereocenters. The largest absolute Gasteiger partial charge is 0.399 e. The number of hydrogen-bond donors (Lipinski definition) is 1. The average molecular weight is 327 g/mol. The standard InChI is InChI=1S/C17H26N2O2.ClH/c1-12(2)7-9-21-15-6-8-19(11-15)17(20)16-10-14(18)5-4-13(16)3;/h4-5,10,12,15H,6-9,11,18H2,1-3H3;1H. The number of amides is 1. The Kier molecular flexibility index (Phi) is 7.17. The molecule has 1 heterocycles. The summed E-state index contributed by atoms with van der Waals surface area (Å²) >= 11 is 0. The van der Waals surface area contributed by atoms with E-state index in [0.717, 1.165) is 31.6 Å². The highest BCUT2D eigenvalue weighted by Gasteiger charge is 2.28. The molecule has 1 aliphatic heterocycles. The summed E-state index contributed by atoms with van der Waals surface area (Å²) in [6.07, 6.45) is 2.17. The number of nitrogens with zero attached hydrogens (tertiary/aromatic N) is 1. The molecule has 0 aliphatic carbocycles. The van der Waals surface area contributed by atoms with E-state index >= 15 is 0 Å². The fourth-order valence-corrected chi connectivity index (χ4v) is 2.56. The van der Waals surface area contributed by atoms with Crippen LogP contribution in [0.5, 0.6) is 0 Å². The molecule has 1 aliphatic rings. The van der Waals surface area contributed by atoms with Gasteiger partial charge in [0.15, 0.2) is 0 Å². The molecule has 124 valence electrons. The predicted octanol–water partition coefficient (Wildman–Crippen LogP) is 3.28. The van der Waals surface area contributed by atoms with Gasteiger partial charge in [-0.05, 0) is 43.4 Å². The van der Waals surface area contributed by atoms with E-state index in [1.54, 1.807) is 6.07 Å². The normalized spacial score (nSPS) is 17.6. The molecular weight excluding hydrogens is 300 g/mol. The zero-order chi connectivity index (χ0) is 15.4. The predicted molar refractivity (Wildman–Crippen MR) is 92.6 cm³/mol. The molecule has 1 atom stereocenters. The maximum absolute atomic E-state index is 12.6. The van der Waals surface area contributed by atoms with Gasteiger partial charge < -0.3 is 15.4 Å². The first-order chi connectivity index (χ1) is 9.97. The Morgan fingerprint density at radius 1 is 1.45 bits per heavy atom. The molecule has 0 saturated carbocycles. The molecule has 1 amide bonds. The lowest BCUT2D eigenvalue weighted by atomic mass is 10.1. The lowest BCUT2D eigenvalue weighted by Crippen LogP contribution is -2.30. The number of halogens is 1. The van der Waals surface area contributed by atoms with Crippen molar-refractivity contribution in [3.8, 4) is 0 Å². The molecule has 1 aromatic carbocycles. The summed E-state index contributed by atoms with van der Waals surface area (Å²) in [6, 6.07) is 5.49. The maximum atomic E-state index is 12.6. The van der Waals surface area contributed by atoms with E-state index in [9.17, 15) is 4.79 Å². The molecule has 0 spiro atoms. The molecule has 0 radical (unpaired) electrons. The molecule has 22 heavy (non-hydrogen) atoms. The number of anilines is 1. The topological polar surface area (TPSA) is 55.6 Å². The van der Waals surface area contributed by atoms with Crippen LogP contribution in [0.3, 0.4) is 0 Å². The van der Waals surface area contributed by atoms with Crippen molar-refractivity contribution in [1.82, 2.24) is 4.90 Å². The van der Waals surface area contributed by atoms with E-state index in [2.05, 4.69) is 13.8 Å². The first-order valence-electron chi connectivity index (χ1n) is 7.74. The number of rotatable bonds is 5. The van der Waals surface area contributed by atoms with E-state index in [1.807, 2.05) is 24.0 Å². The number of carbonyl (C=O) groups is 1. The van der Waals surface area contributed by atoms with Gasteiger partial charge in [0, 0.05) is 30.9 Å². The van der Waals surface area contributed by atoms with Crippen LogP contribution < -0.4 is 5.73 Å². The van der Waals surface area contributed by atoms with Crippen molar-refractivity contribution < 1.29 is 9.53 Å². The van der Waals surface area contributed by atoms with E-state index in [0.29, 0.717) is 23.7 Å². The lowest BCUT2D eigenvalue weighted by Gasteiger charge is -2.18. The maximum Gasteiger partial charge on any atom is 0.254 e. The fourth-order valence-electron chi connectivity index (χ4n) is 2.56. The molecular formula is C17H27ClN2O2. The van der Waals surface area contributed by atoms with Gasteiger partial charge in [-0.2, -0.15) is 0 Å². The average Bonchev–Trinajstić information content (AvgIpc) is 2.89. The van der Waals surface area contributed by atoms with Gasteiger partial charge in [0.05, 0.1) is 6.10 Å². The molecule has 4 nitrogen and oxygen atoms in total. The van der Waals surface area contributed by atoms with Gasteiger partial charge in [0.1, 0.15) is 0 Å². The third kappa shape index (κ3) is 4.89. The van der Waals surface area contributed by atoms with E-state index in [1.165, 1.54) is 0 Å². The Labute approximate surface area is 139 Å². The monoisotopic (exact) mass is 326 g/mol. The number of nitrogen functional groups attached to an aromatic ring is 1. The minimum Gasteiger partial charge on any atom is -0.399 e. The van der Waals surface area contributed by atoms with Crippen molar-refractivity contribution >= 4 is 24.0 Å². The van der Waals surface area contributed by atoms with Crippen molar-refractivity contribution in [3.05, 3.63) is 29.3 Å². The van der Waals surface area contributed by atoms with Crippen molar-refractivity contribution in [3.63, 3.8) is 0 Å². The Bertz CT molecular complexity index is 505. The van der Waals surface area contributed by atoms with Crippen molar-refractivity contribution in [1.29, 1.82) is 0 Å². The van der Waals surface area contributed by atoms with Gasteiger partial charge in [-0.3, -0.25) is 4.79 Å². The second-order valence-corrected chi connectivity index (χ2v) is 6.29. The van der Waals surface area contributed by atoms with E-state index in [4.69, 9.17) is 10.5 Å². The Hall–Kier alpha value is -1.26. The third-order valence-electron chi connectivity index (χ3n) is 3.97. The van der Waals surface area contributed by atoms with Crippen molar-refractivity contribution in [2.24, 2.45) is 5.92 Å². The summed E-state index contributed by atoms with van der Waals surface area (Å²) in [4.78, 5) is 14.4. The van der Waals surface area contributed by atoms with Gasteiger partial charge in [-0.1, -0.05) is 19.9 Å². The molecule has 1 saturated heterocycles. The SMILES string of the molecule is Cc1ccc(N)cc1C(=O)N1CCC(OCCC(C)C)C1.Cl. The van der Waals surface area contributed by atoms with Gasteiger partial charge >= 0.3 is 0 Å². The summed E-state index contributed by atoms with van der Waals surface area (Å²) in [5, 5.41) is 0. The van der Waals surface area contributed by atoms with Crippen LogP contribution in [-0.2, 0) is 4.74 Å². The minimum absolute atomic E-state index is 0. The second kappa shape index (κ2) is 8.39. The number of nitrogens with two attached hydrogens (primary N) is 1. The quantitative estimate of drug-likeness (QED) is 0.845. The van der Waals surface area contributed by atoms with Crippen LogP contribution in [0.2, 0.25) is 0 Å². The van der Waals surface area contributed by atoms with Crippen LogP contribution in [-0.4, -0.2) is 36.6 Å². The first kappa shape index (κ1) is 18.8. The molecule has 1 aromatic rings. The number of likely N-dealkylation sites (tertiary alicyclic amines) is 1.